The first-order chi connectivity index (χ1) is 9.52. The minimum Gasteiger partial charge on any atom is -0.496 e. The zero-order valence-corrected chi connectivity index (χ0v) is 12.7. The summed E-state index contributed by atoms with van der Waals surface area (Å²) in [6.07, 6.45) is 1.33. The van der Waals surface area contributed by atoms with Gasteiger partial charge in [-0.05, 0) is 31.0 Å². The molecule has 1 fully saturated rings. The van der Waals surface area contributed by atoms with Gasteiger partial charge in [-0.2, -0.15) is 0 Å². The van der Waals surface area contributed by atoms with Gasteiger partial charge in [-0.3, -0.25) is 9.59 Å². The van der Waals surface area contributed by atoms with Crippen molar-refractivity contribution < 1.29 is 19.4 Å². The van der Waals surface area contributed by atoms with E-state index in [1.807, 2.05) is 0 Å². The second kappa shape index (κ2) is 6.26. The van der Waals surface area contributed by atoms with E-state index >= 15 is 0 Å². The van der Waals surface area contributed by atoms with Crippen LogP contribution in [-0.4, -0.2) is 42.1 Å². The maximum absolute atomic E-state index is 12.5. The number of hydrogen-bond acceptors (Lipinski definition) is 3. The van der Waals surface area contributed by atoms with Gasteiger partial charge in [0.05, 0.1) is 18.6 Å². The van der Waals surface area contributed by atoms with E-state index in [9.17, 15) is 9.59 Å². The van der Waals surface area contributed by atoms with Crippen molar-refractivity contribution in [3.05, 3.63) is 28.2 Å². The predicted octanol–water partition coefficient (Wildman–Crippen LogP) is 2.39. The van der Waals surface area contributed by atoms with Crippen LogP contribution >= 0.6 is 15.9 Å². The Hall–Kier alpha value is -1.56. The third-order valence-corrected chi connectivity index (χ3v) is 3.94. The Morgan fingerprint density at radius 2 is 2.20 bits per heavy atom. The quantitative estimate of drug-likeness (QED) is 0.916. The molecule has 1 amide bonds. The Morgan fingerprint density at radius 3 is 2.85 bits per heavy atom. The molecule has 1 aliphatic heterocycles. The fourth-order valence-electron chi connectivity index (χ4n) is 2.38. The molecule has 1 aliphatic rings. The number of carbonyl (C=O) groups is 2. The van der Waals surface area contributed by atoms with E-state index < -0.39 is 11.9 Å². The zero-order valence-electron chi connectivity index (χ0n) is 11.1. The van der Waals surface area contributed by atoms with E-state index in [1.165, 1.54) is 7.11 Å². The van der Waals surface area contributed by atoms with Crippen molar-refractivity contribution in [3.8, 4) is 5.75 Å². The lowest BCUT2D eigenvalue weighted by Gasteiger charge is -2.31. The third-order valence-electron chi connectivity index (χ3n) is 3.45. The number of carbonyl (C=O) groups excluding carboxylic acids is 1. The van der Waals surface area contributed by atoms with Gasteiger partial charge in [0.2, 0.25) is 0 Å². The van der Waals surface area contributed by atoms with Crippen molar-refractivity contribution in [1.29, 1.82) is 0 Å². The van der Waals surface area contributed by atoms with E-state index in [0.717, 1.165) is 4.47 Å². The van der Waals surface area contributed by atoms with Gasteiger partial charge in [-0.1, -0.05) is 15.9 Å². The molecule has 6 heteroatoms. The Bertz CT molecular complexity index is 532. The zero-order chi connectivity index (χ0) is 14.7. The largest absolute Gasteiger partial charge is 0.496 e. The minimum absolute atomic E-state index is 0.186. The molecule has 1 saturated heterocycles. The Morgan fingerprint density at radius 1 is 1.45 bits per heavy atom. The molecule has 1 heterocycles. The molecule has 1 aromatic rings. The number of halogens is 1. The molecule has 0 bridgehead atoms. The lowest BCUT2D eigenvalue weighted by atomic mass is 9.97. The maximum atomic E-state index is 12.5. The van der Waals surface area contributed by atoms with Gasteiger partial charge >= 0.3 is 5.97 Å². The molecule has 1 N–H and O–H groups in total. The van der Waals surface area contributed by atoms with Crippen molar-refractivity contribution in [2.75, 3.05) is 20.2 Å². The smallest absolute Gasteiger partial charge is 0.308 e. The van der Waals surface area contributed by atoms with Crippen LogP contribution in [0.5, 0.6) is 5.75 Å². The van der Waals surface area contributed by atoms with Crippen molar-refractivity contribution in [2.24, 2.45) is 5.92 Å². The summed E-state index contributed by atoms with van der Waals surface area (Å²) in [4.78, 5) is 25.2. The number of carboxylic acids is 1. The normalized spacial score (nSPS) is 18.7. The monoisotopic (exact) mass is 341 g/mol. The summed E-state index contributed by atoms with van der Waals surface area (Å²) in [6, 6.07) is 5.22. The van der Waals surface area contributed by atoms with Gasteiger partial charge < -0.3 is 14.7 Å². The van der Waals surface area contributed by atoms with Crippen LogP contribution in [0.4, 0.5) is 0 Å². The molecule has 108 valence electrons. The second-order valence-electron chi connectivity index (χ2n) is 4.77. The molecule has 0 spiro atoms. The number of piperidine rings is 1. The number of aliphatic carboxylic acids is 1. The fraction of sp³-hybridized carbons (Fsp3) is 0.429. The first-order valence-electron chi connectivity index (χ1n) is 6.38. The van der Waals surface area contributed by atoms with Gasteiger partial charge in [-0.25, -0.2) is 0 Å². The van der Waals surface area contributed by atoms with Crippen LogP contribution in [0.3, 0.4) is 0 Å². The SMILES string of the molecule is COc1ccc(Br)cc1C(=O)N1CCCC(C(=O)O)C1. The summed E-state index contributed by atoms with van der Waals surface area (Å²) in [5.74, 6) is -1.01. The first kappa shape index (κ1) is 14.8. The Kier molecular flexibility index (Phi) is 4.65. The van der Waals surface area contributed by atoms with Crippen LogP contribution in [0.25, 0.3) is 0 Å². The number of amides is 1. The van der Waals surface area contributed by atoms with Crippen molar-refractivity contribution in [2.45, 2.75) is 12.8 Å². The third kappa shape index (κ3) is 3.12. The maximum Gasteiger partial charge on any atom is 0.308 e. The summed E-state index contributed by atoms with van der Waals surface area (Å²) in [7, 11) is 1.51. The summed E-state index contributed by atoms with van der Waals surface area (Å²) < 4.78 is 5.99. The van der Waals surface area contributed by atoms with E-state index in [-0.39, 0.29) is 12.5 Å². The average Bonchev–Trinajstić information content (AvgIpc) is 2.46. The van der Waals surface area contributed by atoms with Crippen LogP contribution < -0.4 is 4.74 Å². The van der Waals surface area contributed by atoms with Crippen LogP contribution in [0.15, 0.2) is 22.7 Å². The molecular formula is C14H16BrNO4. The summed E-state index contributed by atoms with van der Waals surface area (Å²) >= 11 is 3.33. The number of nitrogens with zero attached hydrogens (tertiary/aromatic N) is 1. The molecule has 0 radical (unpaired) electrons. The molecule has 20 heavy (non-hydrogen) atoms. The Balaban J connectivity index is 2.22. The van der Waals surface area contributed by atoms with E-state index in [4.69, 9.17) is 9.84 Å². The van der Waals surface area contributed by atoms with Crippen LogP contribution in [0, 0.1) is 5.92 Å². The number of methoxy groups -OCH3 is 1. The highest BCUT2D eigenvalue weighted by molar-refractivity contribution is 9.10. The Labute approximate surface area is 125 Å². The van der Waals surface area contributed by atoms with Gasteiger partial charge in [0.15, 0.2) is 0 Å². The van der Waals surface area contributed by atoms with E-state index in [0.29, 0.717) is 30.7 Å². The highest BCUT2D eigenvalue weighted by atomic mass is 79.9. The number of likely N-dealkylation sites (tertiary alicyclic amines) is 1. The molecule has 1 aromatic carbocycles. The molecule has 0 saturated carbocycles. The van der Waals surface area contributed by atoms with Crippen molar-refractivity contribution in [1.82, 2.24) is 4.90 Å². The van der Waals surface area contributed by atoms with Crippen molar-refractivity contribution in [3.63, 3.8) is 0 Å². The molecule has 1 atom stereocenters. The van der Waals surface area contributed by atoms with Gasteiger partial charge in [0, 0.05) is 17.6 Å². The van der Waals surface area contributed by atoms with Crippen molar-refractivity contribution >= 4 is 27.8 Å². The lowest BCUT2D eigenvalue weighted by Crippen LogP contribution is -2.42. The summed E-state index contributed by atoms with van der Waals surface area (Å²) in [6.45, 7) is 0.835. The topological polar surface area (TPSA) is 66.8 Å². The van der Waals surface area contributed by atoms with Crippen LogP contribution in [-0.2, 0) is 4.79 Å². The average molecular weight is 342 g/mol. The fourth-order valence-corrected chi connectivity index (χ4v) is 2.74. The van der Waals surface area contributed by atoms with E-state index in [1.54, 1.807) is 23.1 Å². The highest BCUT2D eigenvalue weighted by Gasteiger charge is 2.29. The summed E-state index contributed by atoms with van der Waals surface area (Å²) in [5.41, 5.74) is 0.452. The predicted molar refractivity (Wildman–Crippen MR) is 77.0 cm³/mol. The molecule has 1 unspecified atom stereocenters. The van der Waals surface area contributed by atoms with Crippen LogP contribution in [0.1, 0.15) is 23.2 Å². The lowest BCUT2D eigenvalue weighted by molar-refractivity contribution is -0.143. The van der Waals surface area contributed by atoms with Gasteiger partial charge in [0.1, 0.15) is 5.75 Å². The second-order valence-corrected chi connectivity index (χ2v) is 5.69. The number of ether oxygens (including phenoxy) is 1. The number of hydrogen-bond donors (Lipinski definition) is 1. The van der Waals surface area contributed by atoms with E-state index in [2.05, 4.69) is 15.9 Å². The molecule has 0 aliphatic carbocycles. The molecule has 2 rings (SSSR count). The number of carboxylic acid groups (broad SMARTS) is 1. The summed E-state index contributed by atoms with van der Waals surface area (Å²) in [5, 5.41) is 9.08. The molecule has 5 nitrogen and oxygen atoms in total. The standard InChI is InChI=1S/C14H16BrNO4/c1-20-12-5-4-10(15)7-11(12)13(17)16-6-2-3-9(8-16)14(18)19/h4-5,7,9H,2-3,6,8H2,1H3,(H,18,19). The van der Waals surface area contributed by atoms with Gasteiger partial charge in [-0.15, -0.1) is 0 Å². The van der Waals surface area contributed by atoms with Crippen LogP contribution in [0.2, 0.25) is 0 Å². The minimum atomic E-state index is -0.844. The van der Waals surface area contributed by atoms with Gasteiger partial charge in [0.25, 0.3) is 5.91 Å². The number of rotatable bonds is 3. The highest BCUT2D eigenvalue weighted by Crippen LogP contribution is 2.26. The first-order valence-corrected chi connectivity index (χ1v) is 7.18. The number of benzene rings is 1. The molecular weight excluding hydrogens is 326 g/mol. The molecule has 0 aromatic heterocycles.